The van der Waals surface area contributed by atoms with Crippen LogP contribution in [0.3, 0.4) is 0 Å². The van der Waals surface area contributed by atoms with Crippen LogP contribution in [0.25, 0.3) is 11.8 Å². The summed E-state index contributed by atoms with van der Waals surface area (Å²) in [4.78, 5) is 33.0. The third-order valence-corrected chi connectivity index (χ3v) is 9.19. The maximum atomic E-state index is 14.2. The van der Waals surface area contributed by atoms with Crippen molar-refractivity contribution in [3.63, 3.8) is 0 Å². The third-order valence-electron chi connectivity index (χ3n) is 7.41. The van der Waals surface area contributed by atoms with Gasteiger partial charge in [0.1, 0.15) is 18.2 Å². The van der Waals surface area contributed by atoms with E-state index in [-0.39, 0.29) is 30.2 Å². The van der Waals surface area contributed by atoms with Crippen LogP contribution in [0.4, 0.5) is 8.78 Å². The molecule has 1 atom stereocenters. The highest BCUT2D eigenvalue weighted by atomic mass is 127. The van der Waals surface area contributed by atoms with Gasteiger partial charge in [-0.1, -0.05) is 65.9 Å². The van der Waals surface area contributed by atoms with E-state index >= 15 is 0 Å². The fourth-order valence-corrected chi connectivity index (χ4v) is 7.03. The number of aromatic nitrogens is 1. The van der Waals surface area contributed by atoms with Crippen molar-refractivity contribution in [3.8, 4) is 11.5 Å². The van der Waals surface area contributed by atoms with E-state index < -0.39 is 17.8 Å². The maximum Gasteiger partial charge on any atom is 0.338 e. The molecule has 1 aliphatic rings. The number of fused-ring (bicyclic) bond motifs is 1. The first kappa shape index (κ1) is 32.3. The quantitative estimate of drug-likeness (QED) is 0.128. The molecule has 47 heavy (non-hydrogen) atoms. The summed E-state index contributed by atoms with van der Waals surface area (Å²) in [6.45, 7) is 2.03. The Morgan fingerprint density at radius 1 is 1.00 bits per heavy atom. The van der Waals surface area contributed by atoms with E-state index in [1.807, 2.05) is 36.4 Å². The van der Waals surface area contributed by atoms with E-state index in [1.165, 1.54) is 47.3 Å². The minimum Gasteiger partial charge on any atom is -0.493 e. The predicted molar refractivity (Wildman–Crippen MR) is 184 cm³/mol. The molecule has 0 spiro atoms. The van der Waals surface area contributed by atoms with Crippen LogP contribution in [0.1, 0.15) is 35.2 Å². The number of rotatable bonds is 9. The van der Waals surface area contributed by atoms with Crippen molar-refractivity contribution in [3.05, 3.63) is 154 Å². The summed E-state index contributed by atoms with van der Waals surface area (Å²) in [6.07, 6.45) is 1.73. The Morgan fingerprint density at radius 2 is 1.68 bits per heavy atom. The Morgan fingerprint density at radius 3 is 2.34 bits per heavy atom. The monoisotopic (exact) mass is 764 g/mol. The highest BCUT2D eigenvalue weighted by molar-refractivity contribution is 14.1. The van der Waals surface area contributed by atoms with Gasteiger partial charge in [0, 0.05) is 5.56 Å². The first-order valence-electron chi connectivity index (χ1n) is 14.6. The second-order valence-electron chi connectivity index (χ2n) is 10.4. The van der Waals surface area contributed by atoms with Crippen LogP contribution >= 0.6 is 33.9 Å². The topological polar surface area (TPSA) is 79.1 Å². The first-order chi connectivity index (χ1) is 22.8. The van der Waals surface area contributed by atoms with Gasteiger partial charge in [0.15, 0.2) is 16.3 Å². The highest BCUT2D eigenvalue weighted by Crippen LogP contribution is 2.36. The normalized spacial score (nSPS) is 14.4. The van der Waals surface area contributed by atoms with Gasteiger partial charge >= 0.3 is 5.97 Å². The van der Waals surface area contributed by atoms with Crippen molar-refractivity contribution in [1.29, 1.82) is 0 Å². The smallest absolute Gasteiger partial charge is 0.338 e. The molecule has 6 rings (SSSR count). The lowest BCUT2D eigenvalue weighted by atomic mass is 9.93. The van der Waals surface area contributed by atoms with Gasteiger partial charge in [-0.15, -0.1) is 0 Å². The van der Waals surface area contributed by atoms with Crippen LogP contribution in [-0.4, -0.2) is 24.3 Å². The second kappa shape index (κ2) is 14.0. The summed E-state index contributed by atoms with van der Waals surface area (Å²) in [5.41, 5.74) is 2.87. The minimum absolute atomic E-state index is 0.120. The highest BCUT2D eigenvalue weighted by Gasteiger charge is 2.35. The first-order valence-corrected chi connectivity index (χ1v) is 16.5. The Hall–Kier alpha value is -4.62. The maximum absolute atomic E-state index is 14.2. The van der Waals surface area contributed by atoms with Gasteiger partial charge < -0.3 is 14.2 Å². The largest absolute Gasteiger partial charge is 0.493 e. The fraction of sp³-hybridized carbons (Fsp3) is 0.139. The third kappa shape index (κ3) is 6.77. The van der Waals surface area contributed by atoms with E-state index in [0.29, 0.717) is 43.2 Å². The second-order valence-corrected chi connectivity index (χ2v) is 12.6. The molecule has 1 aliphatic heterocycles. The van der Waals surface area contributed by atoms with E-state index in [4.69, 9.17) is 19.2 Å². The van der Waals surface area contributed by atoms with Crippen molar-refractivity contribution < 1.29 is 27.8 Å². The summed E-state index contributed by atoms with van der Waals surface area (Å²) in [6, 6.07) is 23.7. The number of thiazole rings is 1. The molecule has 0 amide bonds. The predicted octanol–water partition coefficient (Wildman–Crippen LogP) is 6.41. The fourth-order valence-electron chi connectivity index (χ4n) is 5.25. The van der Waals surface area contributed by atoms with Gasteiger partial charge in [0.25, 0.3) is 5.56 Å². The van der Waals surface area contributed by atoms with Gasteiger partial charge in [0.2, 0.25) is 0 Å². The van der Waals surface area contributed by atoms with Gasteiger partial charge in [0.05, 0.1) is 39.1 Å². The van der Waals surface area contributed by atoms with Crippen molar-refractivity contribution in [2.24, 2.45) is 4.99 Å². The molecule has 4 aromatic carbocycles. The Balaban J connectivity index is 1.48. The van der Waals surface area contributed by atoms with Gasteiger partial charge in [-0.05, 0) is 88.7 Å². The molecular formula is C36H27F2IN2O5S. The van der Waals surface area contributed by atoms with E-state index in [2.05, 4.69) is 22.6 Å². The number of halogens is 3. The van der Waals surface area contributed by atoms with Gasteiger partial charge in [-0.25, -0.2) is 18.6 Å². The molecule has 2 heterocycles. The van der Waals surface area contributed by atoms with E-state index in [0.717, 1.165) is 9.13 Å². The van der Waals surface area contributed by atoms with Crippen molar-refractivity contribution in [2.75, 3.05) is 13.7 Å². The Kier molecular flexibility index (Phi) is 9.64. The lowest BCUT2D eigenvalue weighted by Gasteiger charge is -2.25. The molecule has 0 unspecified atom stereocenters. The van der Waals surface area contributed by atoms with Crippen molar-refractivity contribution in [1.82, 2.24) is 4.57 Å². The number of hydrogen-bond acceptors (Lipinski definition) is 7. The lowest BCUT2D eigenvalue weighted by molar-refractivity contribution is -0.138. The van der Waals surface area contributed by atoms with Gasteiger partial charge in [-0.2, -0.15) is 0 Å². The zero-order valence-electron chi connectivity index (χ0n) is 25.2. The number of ether oxygens (including phenoxy) is 3. The number of carbonyl (C=O) groups is 1. The molecular weight excluding hydrogens is 737 g/mol. The summed E-state index contributed by atoms with van der Waals surface area (Å²) in [7, 11) is 1.53. The summed E-state index contributed by atoms with van der Waals surface area (Å²) >= 11 is 3.32. The number of carbonyl (C=O) groups excluding carboxylic acids is 1. The SMILES string of the molecule is CCOC(=O)C1=C(c2ccccc2)N=c2s/c(=C\c3cc(I)c(OCc4ccc(F)cc4)c(OC)c3)c(=O)n2[C@H]1c1ccc(F)cc1. The summed E-state index contributed by atoms with van der Waals surface area (Å²) < 4.78 is 47.1. The van der Waals surface area contributed by atoms with Crippen molar-refractivity contribution >= 4 is 51.7 Å². The summed E-state index contributed by atoms with van der Waals surface area (Å²) in [5, 5.41) is 0. The zero-order valence-corrected chi connectivity index (χ0v) is 28.2. The molecule has 0 bridgehead atoms. The standard InChI is InChI=1S/C36H27F2IN2O5S/c1-3-45-35(43)30-31(23-7-5-4-6-8-23)40-36-41(32(30)24-11-15-26(38)16-12-24)34(42)29(47-36)19-22-17-27(39)33(28(18-22)44-2)46-20-21-9-13-25(37)14-10-21/h4-19,32H,3,20H2,1-2H3/b29-19-/t32-/m0/s1. The number of methoxy groups -OCH3 is 1. The van der Waals surface area contributed by atoms with Crippen LogP contribution in [0.5, 0.6) is 11.5 Å². The molecule has 238 valence electrons. The molecule has 0 saturated heterocycles. The molecule has 0 N–H and O–H groups in total. The van der Waals surface area contributed by atoms with Gasteiger partial charge in [-0.3, -0.25) is 9.36 Å². The summed E-state index contributed by atoms with van der Waals surface area (Å²) in [5.74, 6) is -0.418. The number of nitrogens with zero attached hydrogens (tertiary/aromatic N) is 2. The average molecular weight is 765 g/mol. The molecule has 5 aromatic rings. The molecule has 7 nitrogen and oxygen atoms in total. The number of esters is 1. The zero-order chi connectivity index (χ0) is 33.1. The Labute approximate surface area is 286 Å². The Bertz CT molecular complexity index is 2160. The number of hydrogen-bond donors (Lipinski definition) is 0. The molecule has 1 aromatic heterocycles. The number of benzene rings is 4. The molecule has 0 radical (unpaired) electrons. The van der Waals surface area contributed by atoms with E-state index in [1.54, 1.807) is 43.3 Å². The molecule has 0 aliphatic carbocycles. The molecule has 11 heteroatoms. The van der Waals surface area contributed by atoms with Crippen LogP contribution in [0.2, 0.25) is 0 Å². The van der Waals surface area contributed by atoms with E-state index in [9.17, 15) is 18.4 Å². The lowest BCUT2D eigenvalue weighted by Crippen LogP contribution is -2.40. The average Bonchev–Trinajstić information content (AvgIpc) is 3.38. The van der Waals surface area contributed by atoms with Crippen LogP contribution in [0.15, 0.2) is 106 Å². The van der Waals surface area contributed by atoms with Crippen LogP contribution in [0, 0.1) is 15.2 Å². The van der Waals surface area contributed by atoms with Crippen LogP contribution in [-0.2, 0) is 16.1 Å². The minimum atomic E-state index is -0.917. The molecule has 0 saturated carbocycles. The molecule has 0 fully saturated rings. The van der Waals surface area contributed by atoms with Crippen LogP contribution < -0.4 is 24.4 Å². The van der Waals surface area contributed by atoms with Crippen molar-refractivity contribution in [2.45, 2.75) is 19.6 Å².